The Bertz CT molecular complexity index is 681. The maximum absolute atomic E-state index is 5.42. The van der Waals surface area contributed by atoms with Crippen molar-refractivity contribution >= 4 is 28.8 Å². The van der Waals surface area contributed by atoms with Crippen molar-refractivity contribution in [2.75, 3.05) is 43.4 Å². The van der Waals surface area contributed by atoms with Crippen LogP contribution in [0.4, 0.5) is 11.5 Å². The molecule has 1 unspecified atom stereocenters. The molecule has 1 saturated heterocycles. The number of hydrogen-bond acceptors (Lipinski definition) is 4. The van der Waals surface area contributed by atoms with E-state index in [1.165, 1.54) is 5.56 Å². The van der Waals surface area contributed by atoms with E-state index in [4.69, 9.17) is 12.2 Å². The molecule has 6 heteroatoms. The van der Waals surface area contributed by atoms with E-state index in [2.05, 4.69) is 57.6 Å². The van der Waals surface area contributed by atoms with Crippen molar-refractivity contribution in [3.63, 3.8) is 0 Å². The molecule has 5 nitrogen and oxygen atoms in total. The van der Waals surface area contributed by atoms with Crippen LogP contribution in [0.1, 0.15) is 18.5 Å². The molecule has 1 aliphatic rings. The molecule has 2 N–H and O–H groups in total. The summed E-state index contributed by atoms with van der Waals surface area (Å²) >= 11 is 5.42. The lowest BCUT2D eigenvalue weighted by molar-refractivity contribution is 0.312. The molecule has 1 aromatic heterocycles. The highest BCUT2D eigenvalue weighted by Crippen LogP contribution is 2.16. The molecule has 0 radical (unpaired) electrons. The van der Waals surface area contributed by atoms with Gasteiger partial charge in [0.1, 0.15) is 5.82 Å². The lowest BCUT2D eigenvalue weighted by Crippen LogP contribution is -2.44. The van der Waals surface area contributed by atoms with E-state index in [1.807, 2.05) is 30.5 Å². The first-order valence-corrected chi connectivity index (χ1v) is 9.04. The second-order valence-corrected chi connectivity index (χ2v) is 6.83. The number of nitrogens with one attached hydrogen (secondary N) is 2. The number of pyridine rings is 1. The van der Waals surface area contributed by atoms with Gasteiger partial charge in [0.05, 0.1) is 17.9 Å². The minimum Gasteiger partial charge on any atom is -0.356 e. The Morgan fingerprint density at radius 3 is 2.44 bits per heavy atom. The van der Waals surface area contributed by atoms with Crippen molar-refractivity contribution in [2.45, 2.75) is 13.0 Å². The highest BCUT2D eigenvalue weighted by Gasteiger charge is 2.15. The number of aromatic nitrogens is 1. The molecule has 0 aliphatic carbocycles. The Kier molecular flexibility index (Phi) is 5.83. The van der Waals surface area contributed by atoms with Gasteiger partial charge in [-0.2, -0.15) is 0 Å². The number of rotatable bonds is 4. The number of benzene rings is 1. The van der Waals surface area contributed by atoms with Gasteiger partial charge in [-0.1, -0.05) is 30.3 Å². The summed E-state index contributed by atoms with van der Waals surface area (Å²) in [6, 6.07) is 14.5. The summed E-state index contributed by atoms with van der Waals surface area (Å²) in [7, 11) is 2.15. The third-order valence-corrected chi connectivity index (χ3v) is 4.70. The molecule has 0 bridgehead atoms. The minimum atomic E-state index is 0.152. The third-order valence-electron chi connectivity index (χ3n) is 4.48. The molecule has 132 valence electrons. The van der Waals surface area contributed by atoms with E-state index in [1.54, 1.807) is 0 Å². The summed E-state index contributed by atoms with van der Waals surface area (Å²) in [5.74, 6) is 1.02. The molecule has 2 heterocycles. The molecule has 3 rings (SSSR count). The maximum atomic E-state index is 5.42. The monoisotopic (exact) mass is 355 g/mol. The van der Waals surface area contributed by atoms with Crippen molar-refractivity contribution < 1.29 is 0 Å². The normalized spacial score (nSPS) is 16.3. The minimum absolute atomic E-state index is 0.152. The Labute approximate surface area is 155 Å². The lowest BCUT2D eigenvalue weighted by Gasteiger charge is -2.33. The average Bonchev–Trinajstić information content (AvgIpc) is 2.64. The van der Waals surface area contributed by atoms with Crippen LogP contribution < -0.4 is 15.5 Å². The summed E-state index contributed by atoms with van der Waals surface area (Å²) in [5.41, 5.74) is 2.10. The highest BCUT2D eigenvalue weighted by atomic mass is 32.1. The van der Waals surface area contributed by atoms with E-state index >= 15 is 0 Å². The van der Waals surface area contributed by atoms with Gasteiger partial charge in [-0.25, -0.2) is 4.98 Å². The summed E-state index contributed by atoms with van der Waals surface area (Å²) in [4.78, 5) is 9.23. The SMILES string of the molecule is CC(NC(=S)Nc1ccc(N2CCN(C)CC2)nc1)c1ccccc1. The van der Waals surface area contributed by atoms with Crippen molar-refractivity contribution in [3.05, 3.63) is 54.2 Å². The van der Waals surface area contributed by atoms with Gasteiger partial charge in [0.15, 0.2) is 5.11 Å². The molecule has 0 amide bonds. The van der Waals surface area contributed by atoms with Crippen LogP contribution in [0.15, 0.2) is 48.7 Å². The summed E-state index contributed by atoms with van der Waals surface area (Å²) < 4.78 is 0. The van der Waals surface area contributed by atoms with Gasteiger partial charge < -0.3 is 20.4 Å². The number of hydrogen-bond donors (Lipinski definition) is 2. The molecule has 0 saturated carbocycles. The van der Waals surface area contributed by atoms with Crippen molar-refractivity contribution in [2.24, 2.45) is 0 Å². The number of likely N-dealkylation sites (N-methyl/N-ethyl adjacent to an activating group) is 1. The molecule has 25 heavy (non-hydrogen) atoms. The average molecular weight is 356 g/mol. The standard InChI is InChI=1S/C19H25N5S/c1-15(16-6-4-3-5-7-16)21-19(25)22-17-8-9-18(20-14-17)24-12-10-23(2)11-13-24/h3-9,14-15H,10-13H2,1-2H3,(H2,21,22,25). The van der Waals surface area contributed by atoms with E-state index in [9.17, 15) is 0 Å². The van der Waals surface area contributed by atoms with Gasteiger partial charge in [-0.3, -0.25) is 0 Å². The Morgan fingerprint density at radius 2 is 1.80 bits per heavy atom. The van der Waals surface area contributed by atoms with E-state index in [0.29, 0.717) is 5.11 Å². The van der Waals surface area contributed by atoms with Crippen LogP contribution >= 0.6 is 12.2 Å². The molecule has 1 aliphatic heterocycles. The lowest BCUT2D eigenvalue weighted by atomic mass is 10.1. The number of nitrogens with zero attached hydrogens (tertiary/aromatic N) is 3. The van der Waals surface area contributed by atoms with Crippen LogP contribution in [0, 0.1) is 0 Å². The smallest absolute Gasteiger partial charge is 0.171 e. The van der Waals surface area contributed by atoms with Gasteiger partial charge in [0.25, 0.3) is 0 Å². The molecule has 1 atom stereocenters. The molecular weight excluding hydrogens is 330 g/mol. The third kappa shape index (κ3) is 4.90. The number of anilines is 2. The van der Waals surface area contributed by atoms with Gasteiger partial charge >= 0.3 is 0 Å². The van der Waals surface area contributed by atoms with Crippen molar-refractivity contribution in [1.82, 2.24) is 15.2 Å². The van der Waals surface area contributed by atoms with E-state index in [-0.39, 0.29) is 6.04 Å². The number of thiocarbonyl (C=S) groups is 1. The predicted octanol–water partition coefficient (Wildman–Crippen LogP) is 2.88. The van der Waals surface area contributed by atoms with E-state index < -0.39 is 0 Å². The quantitative estimate of drug-likeness (QED) is 0.822. The van der Waals surface area contributed by atoms with Crippen molar-refractivity contribution in [3.8, 4) is 0 Å². The van der Waals surface area contributed by atoms with Gasteiger partial charge in [0, 0.05) is 26.2 Å². The zero-order chi connectivity index (χ0) is 17.6. The molecule has 1 fully saturated rings. The van der Waals surface area contributed by atoms with Gasteiger partial charge in [-0.05, 0) is 43.9 Å². The zero-order valence-corrected chi connectivity index (χ0v) is 15.6. The zero-order valence-electron chi connectivity index (χ0n) is 14.8. The van der Waals surface area contributed by atoms with Crippen molar-refractivity contribution in [1.29, 1.82) is 0 Å². The fourth-order valence-corrected chi connectivity index (χ4v) is 3.17. The van der Waals surface area contributed by atoms with Crippen LogP contribution in [0.3, 0.4) is 0 Å². The fraction of sp³-hybridized carbons (Fsp3) is 0.368. The Hall–Kier alpha value is -2.18. The first kappa shape index (κ1) is 17.6. The van der Waals surface area contributed by atoms with Gasteiger partial charge in [-0.15, -0.1) is 0 Å². The Balaban J connectivity index is 1.53. The van der Waals surface area contributed by atoms with Crippen LogP contribution in [0.25, 0.3) is 0 Å². The highest BCUT2D eigenvalue weighted by molar-refractivity contribution is 7.80. The number of piperazine rings is 1. The first-order chi connectivity index (χ1) is 12.1. The largest absolute Gasteiger partial charge is 0.356 e. The molecule has 2 aromatic rings. The molecule has 0 spiro atoms. The summed E-state index contributed by atoms with van der Waals surface area (Å²) in [6.45, 7) is 6.29. The van der Waals surface area contributed by atoms with Crippen LogP contribution in [-0.2, 0) is 0 Å². The maximum Gasteiger partial charge on any atom is 0.171 e. The topological polar surface area (TPSA) is 43.4 Å². The Morgan fingerprint density at radius 1 is 1.08 bits per heavy atom. The van der Waals surface area contributed by atoms with Crippen LogP contribution in [0.2, 0.25) is 0 Å². The van der Waals surface area contributed by atoms with E-state index in [0.717, 1.165) is 37.7 Å². The summed E-state index contributed by atoms with van der Waals surface area (Å²) in [6.07, 6.45) is 1.84. The second-order valence-electron chi connectivity index (χ2n) is 6.43. The van der Waals surface area contributed by atoms with Gasteiger partial charge in [0.2, 0.25) is 0 Å². The molecular formula is C19H25N5S. The summed E-state index contributed by atoms with van der Waals surface area (Å²) in [5, 5.41) is 7.12. The molecule has 1 aromatic carbocycles. The van der Waals surface area contributed by atoms with Crippen LogP contribution in [-0.4, -0.2) is 48.2 Å². The fourth-order valence-electron chi connectivity index (χ4n) is 2.87. The predicted molar refractivity (Wildman–Crippen MR) is 108 cm³/mol. The second kappa shape index (κ2) is 8.27. The first-order valence-electron chi connectivity index (χ1n) is 8.64. The van der Waals surface area contributed by atoms with Crippen LogP contribution in [0.5, 0.6) is 0 Å².